The topological polar surface area (TPSA) is 97.0 Å². The number of nitriles is 2. The van der Waals surface area contributed by atoms with E-state index in [4.69, 9.17) is 23.7 Å². The van der Waals surface area contributed by atoms with Gasteiger partial charge in [-0.25, -0.2) is 0 Å². The molecule has 258 valence electrons. The first kappa shape index (κ1) is 33.2. The minimum absolute atomic E-state index is 0.318. The third-order valence-corrected chi connectivity index (χ3v) is 11.5. The highest BCUT2D eigenvalue weighted by Crippen LogP contribution is 2.60. The first-order chi connectivity index (χ1) is 25.4. The molecule has 0 atom stereocenters. The van der Waals surface area contributed by atoms with Crippen LogP contribution in [0.3, 0.4) is 0 Å². The first-order valence-electron chi connectivity index (χ1n) is 16.9. The molecular formula is C42H33N3O5S2. The number of para-hydroxylation sites is 2. The van der Waals surface area contributed by atoms with Crippen molar-refractivity contribution in [1.82, 2.24) is 0 Å². The molecule has 8 nitrogen and oxygen atoms in total. The van der Waals surface area contributed by atoms with Gasteiger partial charge in [0.15, 0.2) is 28.8 Å². The second-order valence-corrected chi connectivity index (χ2v) is 14.8. The van der Waals surface area contributed by atoms with Crippen LogP contribution in [0, 0.1) is 22.7 Å². The second-order valence-electron chi connectivity index (χ2n) is 12.7. The molecule has 3 aliphatic heterocycles. The zero-order chi connectivity index (χ0) is 35.8. The number of nitrogens with zero attached hydrogens (tertiary/aromatic N) is 3. The number of ether oxygens (including phenoxy) is 5. The Bertz CT molecular complexity index is 2300. The minimum atomic E-state index is -0.797. The van der Waals surface area contributed by atoms with Gasteiger partial charge in [-0.05, 0) is 68.8 Å². The Morgan fingerprint density at radius 1 is 0.673 bits per heavy atom. The van der Waals surface area contributed by atoms with Crippen LogP contribution in [0.5, 0.6) is 23.0 Å². The van der Waals surface area contributed by atoms with Gasteiger partial charge in [0.2, 0.25) is 0 Å². The summed E-state index contributed by atoms with van der Waals surface area (Å²) in [5, 5.41) is 19.6. The number of anilines is 3. The fraction of sp³-hybridized carbons (Fsp3) is 0.190. The van der Waals surface area contributed by atoms with Gasteiger partial charge in [0, 0.05) is 22.6 Å². The normalized spacial score (nSPS) is 16.6. The largest absolute Gasteiger partial charge is 0.485 e. The van der Waals surface area contributed by atoms with Crippen LogP contribution >= 0.6 is 22.7 Å². The third-order valence-electron chi connectivity index (χ3n) is 8.97. The summed E-state index contributed by atoms with van der Waals surface area (Å²) in [6, 6.07) is 33.6. The smallest absolute Gasteiger partial charge is 0.181 e. The predicted octanol–water partition coefficient (Wildman–Crippen LogP) is 10.6. The summed E-state index contributed by atoms with van der Waals surface area (Å²) in [6.45, 7) is 7.17. The zero-order valence-corrected chi connectivity index (χ0v) is 30.4. The van der Waals surface area contributed by atoms with E-state index in [1.54, 1.807) is 18.3 Å². The highest BCUT2D eigenvalue weighted by Gasteiger charge is 2.38. The number of allylic oxidation sites excluding steroid dienone is 2. The van der Waals surface area contributed by atoms with Crippen molar-refractivity contribution in [3.63, 3.8) is 0 Å². The molecule has 0 fully saturated rings. The third kappa shape index (κ3) is 5.86. The SMILES string of the molecule is C/C(C#N)=C1\OC(C)(C)C(/C=C/c2sc(-c3sc(-c4ccc(N(c5ccccc5)c5ccccc5)cc4)c4c3OCCO4)c3c2OCCO3)=C1C#N. The molecule has 10 heteroatoms. The Hall–Kier alpha value is -5.94. The number of benzene rings is 3. The van der Waals surface area contributed by atoms with Crippen LogP contribution in [0.4, 0.5) is 17.1 Å². The quantitative estimate of drug-likeness (QED) is 0.153. The lowest BCUT2D eigenvalue weighted by Crippen LogP contribution is -2.20. The molecule has 0 aliphatic carbocycles. The minimum Gasteiger partial charge on any atom is -0.485 e. The average Bonchev–Trinajstić information content (AvgIpc) is 3.83. The molecule has 0 bridgehead atoms. The zero-order valence-electron chi connectivity index (χ0n) is 28.8. The van der Waals surface area contributed by atoms with Crippen molar-refractivity contribution >= 4 is 45.8 Å². The molecule has 3 aliphatic rings. The molecule has 52 heavy (non-hydrogen) atoms. The standard InChI is InChI=1S/C42H33N3O5S2/c1-26(24-43)34-31(25-44)32(42(2,3)50-34)18-19-33-35-36(47-21-20-46-35)40(51-33)41-38-37(48-22-23-49-38)39(52-41)27-14-16-30(17-15-27)45(28-10-6-4-7-11-28)29-12-8-5-9-13-29/h4-19H,20-23H2,1-3H3/b19-18+,34-26+. The molecule has 0 N–H and O–H groups in total. The van der Waals surface area contributed by atoms with E-state index in [9.17, 15) is 10.5 Å². The fourth-order valence-corrected chi connectivity index (χ4v) is 8.95. The number of fused-ring (bicyclic) bond motifs is 2. The Kier molecular flexibility index (Phi) is 8.72. The average molecular weight is 724 g/mol. The lowest BCUT2D eigenvalue weighted by atomic mass is 9.94. The molecule has 0 unspecified atom stereocenters. The van der Waals surface area contributed by atoms with Crippen LogP contribution in [-0.4, -0.2) is 32.0 Å². The number of hydrogen-bond donors (Lipinski definition) is 0. The van der Waals surface area contributed by atoms with Gasteiger partial charge in [-0.3, -0.25) is 0 Å². The van der Waals surface area contributed by atoms with E-state index in [2.05, 4.69) is 65.6 Å². The van der Waals surface area contributed by atoms with Crippen molar-refractivity contribution in [1.29, 1.82) is 10.5 Å². The maximum absolute atomic E-state index is 10.0. The summed E-state index contributed by atoms with van der Waals surface area (Å²) in [7, 11) is 0. The van der Waals surface area contributed by atoms with E-state index < -0.39 is 5.60 Å². The maximum Gasteiger partial charge on any atom is 0.181 e. The molecule has 0 saturated carbocycles. The Morgan fingerprint density at radius 2 is 1.19 bits per heavy atom. The summed E-state index contributed by atoms with van der Waals surface area (Å²) in [4.78, 5) is 5.84. The van der Waals surface area contributed by atoms with Crippen molar-refractivity contribution in [3.8, 4) is 55.3 Å². The van der Waals surface area contributed by atoms with E-state index in [0.29, 0.717) is 66.2 Å². The van der Waals surface area contributed by atoms with Gasteiger partial charge >= 0.3 is 0 Å². The first-order valence-corrected chi connectivity index (χ1v) is 18.5. The Morgan fingerprint density at radius 3 is 1.77 bits per heavy atom. The molecule has 0 spiro atoms. The fourth-order valence-electron chi connectivity index (χ4n) is 6.54. The number of thiophene rings is 2. The van der Waals surface area contributed by atoms with Gasteiger partial charge in [0.05, 0.1) is 31.2 Å². The van der Waals surface area contributed by atoms with Gasteiger partial charge < -0.3 is 28.6 Å². The van der Waals surface area contributed by atoms with Gasteiger partial charge in [0.25, 0.3) is 0 Å². The highest BCUT2D eigenvalue weighted by molar-refractivity contribution is 7.25. The van der Waals surface area contributed by atoms with E-state index in [-0.39, 0.29) is 0 Å². The molecule has 5 heterocycles. The molecule has 3 aromatic carbocycles. The van der Waals surface area contributed by atoms with E-state index >= 15 is 0 Å². The lowest BCUT2D eigenvalue weighted by molar-refractivity contribution is 0.0949. The number of rotatable bonds is 7. The van der Waals surface area contributed by atoms with Crippen LogP contribution in [0.2, 0.25) is 0 Å². The molecular weight excluding hydrogens is 691 g/mol. The van der Waals surface area contributed by atoms with E-state index in [0.717, 1.165) is 47.9 Å². The molecule has 0 amide bonds. The van der Waals surface area contributed by atoms with Crippen molar-refractivity contribution in [2.75, 3.05) is 31.3 Å². The van der Waals surface area contributed by atoms with Crippen LogP contribution in [0.25, 0.3) is 26.3 Å². The summed E-state index contributed by atoms with van der Waals surface area (Å²) < 4.78 is 31.2. The van der Waals surface area contributed by atoms with Gasteiger partial charge in [0.1, 0.15) is 43.7 Å². The van der Waals surface area contributed by atoms with Crippen LogP contribution < -0.4 is 23.8 Å². The summed E-state index contributed by atoms with van der Waals surface area (Å²) in [5.41, 5.74) is 4.80. The molecule has 0 radical (unpaired) electrons. The van der Waals surface area contributed by atoms with Crippen LogP contribution in [0.1, 0.15) is 25.6 Å². The van der Waals surface area contributed by atoms with Crippen molar-refractivity contribution in [2.45, 2.75) is 26.4 Å². The van der Waals surface area contributed by atoms with Crippen molar-refractivity contribution in [2.24, 2.45) is 0 Å². The van der Waals surface area contributed by atoms with Crippen LogP contribution in [0.15, 0.2) is 113 Å². The summed E-state index contributed by atoms with van der Waals surface area (Å²) in [5.74, 6) is 3.04. The Labute approximate surface area is 310 Å². The highest BCUT2D eigenvalue weighted by atomic mass is 32.1. The van der Waals surface area contributed by atoms with Crippen LogP contribution in [-0.2, 0) is 4.74 Å². The second kappa shape index (κ2) is 13.6. The van der Waals surface area contributed by atoms with E-state index in [1.807, 2.05) is 62.4 Å². The molecule has 5 aromatic rings. The predicted molar refractivity (Wildman–Crippen MR) is 205 cm³/mol. The molecule has 8 rings (SSSR count). The van der Waals surface area contributed by atoms with Crippen molar-refractivity contribution < 1.29 is 23.7 Å². The molecule has 0 saturated heterocycles. The van der Waals surface area contributed by atoms with Gasteiger partial charge in [-0.1, -0.05) is 54.6 Å². The molecule has 2 aromatic heterocycles. The summed E-state index contributed by atoms with van der Waals surface area (Å²) in [6.07, 6.45) is 3.82. The maximum atomic E-state index is 10.0. The van der Waals surface area contributed by atoms with E-state index in [1.165, 1.54) is 11.3 Å². The summed E-state index contributed by atoms with van der Waals surface area (Å²) >= 11 is 3.14. The number of hydrogen-bond acceptors (Lipinski definition) is 10. The monoisotopic (exact) mass is 723 g/mol. The van der Waals surface area contributed by atoms with Gasteiger partial charge in [-0.15, -0.1) is 22.7 Å². The Balaban J connectivity index is 1.19. The lowest BCUT2D eigenvalue weighted by Gasteiger charge is -2.25. The van der Waals surface area contributed by atoms with Crippen molar-refractivity contribution in [3.05, 3.63) is 118 Å². The van der Waals surface area contributed by atoms with Gasteiger partial charge in [-0.2, -0.15) is 10.5 Å².